The highest BCUT2D eigenvalue weighted by molar-refractivity contribution is 9.10. The SMILES string of the molecule is CC1C2CNCC2CN1C(=O)c1cccc(Br)c1. The molecule has 1 aromatic carbocycles. The van der Waals surface area contributed by atoms with E-state index < -0.39 is 0 Å². The third kappa shape index (κ3) is 1.97. The first kappa shape index (κ1) is 12.2. The van der Waals surface area contributed by atoms with Crippen molar-refractivity contribution in [2.24, 2.45) is 11.8 Å². The van der Waals surface area contributed by atoms with E-state index in [4.69, 9.17) is 0 Å². The van der Waals surface area contributed by atoms with E-state index in [-0.39, 0.29) is 5.91 Å². The lowest BCUT2D eigenvalue weighted by molar-refractivity contribution is 0.0728. The van der Waals surface area contributed by atoms with Gasteiger partial charge >= 0.3 is 0 Å². The molecule has 1 amide bonds. The number of nitrogens with zero attached hydrogens (tertiary/aromatic N) is 1. The van der Waals surface area contributed by atoms with E-state index in [0.29, 0.717) is 17.9 Å². The second-order valence-corrected chi connectivity index (χ2v) is 6.21. The Morgan fingerprint density at radius 3 is 3.00 bits per heavy atom. The number of halogens is 1. The number of fused-ring (bicyclic) bond motifs is 1. The molecule has 1 aromatic rings. The molecule has 18 heavy (non-hydrogen) atoms. The third-order valence-electron chi connectivity index (χ3n) is 4.27. The predicted molar refractivity (Wildman–Crippen MR) is 74.5 cm³/mol. The van der Waals surface area contributed by atoms with Crippen LogP contribution in [-0.4, -0.2) is 36.5 Å². The normalized spacial score (nSPS) is 30.6. The number of amides is 1. The summed E-state index contributed by atoms with van der Waals surface area (Å²) < 4.78 is 0.960. The van der Waals surface area contributed by atoms with E-state index in [1.54, 1.807) is 0 Å². The highest BCUT2D eigenvalue weighted by atomic mass is 79.9. The average Bonchev–Trinajstić information content (AvgIpc) is 2.92. The lowest BCUT2D eigenvalue weighted by Crippen LogP contribution is -2.38. The van der Waals surface area contributed by atoms with Gasteiger partial charge in [-0.25, -0.2) is 0 Å². The van der Waals surface area contributed by atoms with Crippen LogP contribution in [0.5, 0.6) is 0 Å². The molecule has 2 aliphatic heterocycles. The Bertz CT molecular complexity index is 477. The van der Waals surface area contributed by atoms with Gasteiger partial charge in [0.2, 0.25) is 0 Å². The van der Waals surface area contributed by atoms with Crippen LogP contribution in [0.25, 0.3) is 0 Å². The van der Waals surface area contributed by atoms with E-state index in [2.05, 4.69) is 28.2 Å². The largest absolute Gasteiger partial charge is 0.335 e. The summed E-state index contributed by atoms with van der Waals surface area (Å²) >= 11 is 3.42. The van der Waals surface area contributed by atoms with Gasteiger partial charge in [0.05, 0.1) is 0 Å². The molecule has 0 bridgehead atoms. The minimum absolute atomic E-state index is 0.165. The summed E-state index contributed by atoms with van der Waals surface area (Å²) in [4.78, 5) is 14.6. The maximum absolute atomic E-state index is 12.5. The molecule has 3 nitrogen and oxygen atoms in total. The van der Waals surface area contributed by atoms with Gasteiger partial charge in [-0.2, -0.15) is 0 Å². The Labute approximate surface area is 116 Å². The standard InChI is InChI=1S/C14H17BrN2O/c1-9-13-7-16-6-11(13)8-17(9)14(18)10-3-2-4-12(15)5-10/h2-5,9,11,13,16H,6-8H2,1H3. The molecule has 2 heterocycles. The van der Waals surface area contributed by atoms with Crippen LogP contribution in [0.2, 0.25) is 0 Å². The van der Waals surface area contributed by atoms with Gasteiger partial charge in [0.25, 0.3) is 5.91 Å². The fraction of sp³-hybridized carbons (Fsp3) is 0.500. The zero-order valence-corrected chi connectivity index (χ0v) is 12.0. The highest BCUT2D eigenvalue weighted by Crippen LogP contribution is 2.33. The van der Waals surface area contributed by atoms with Gasteiger partial charge in [-0.1, -0.05) is 22.0 Å². The summed E-state index contributed by atoms with van der Waals surface area (Å²) in [5, 5.41) is 3.42. The zero-order chi connectivity index (χ0) is 12.7. The second kappa shape index (κ2) is 4.67. The molecule has 2 fully saturated rings. The van der Waals surface area contributed by atoms with Crippen LogP contribution in [0.15, 0.2) is 28.7 Å². The van der Waals surface area contributed by atoms with Crippen LogP contribution in [0.4, 0.5) is 0 Å². The monoisotopic (exact) mass is 308 g/mol. The Balaban J connectivity index is 1.81. The molecular weight excluding hydrogens is 292 g/mol. The van der Waals surface area contributed by atoms with Crippen LogP contribution in [-0.2, 0) is 0 Å². The summed E-state index contributed by atoms with van der Waals surface area (Å²) in [6.07, 6.45) is 0. The molecule has 0 saturated carbocycles. The molecule has 2 saturated heterocycles. The van der Waals surface area contributed by atoms with Gasteiger partial charge in [-0.15, -0.1) is 0 Å². The molecule has 0 spiro atoms. The lowest BCUT2D eigenvalue weighted by atomic mass is 9.95. The minimum Gasteiger partial charge on any atom is -0.335 e. The number of likely N-dealkylation sites (tertiary alicyclic amines) is 1. The van der Waals surface area contributed by atoms with Gasteiger partial charge in [-0.3, -0.25) is 4.79 Å². The quantitative estimate of drug-likeness (QED) is 0.862. The summed E-state index contributed by atoms with van der Waals surface area (Å²) in [5.74, 6) is 1.43. The number of carbonyl (C=O) groups is 1. The Kier molecular flexibility index (Phi) is 3.16. The molecule has 3 atom stereocenters. The molecule has 0 aromatic heterocycles. The van der Waals surface area contributed by atoms with Crippen LogP contribution in [0.3, 0.4) is 0 Å². The van der Waals surface area contributed by atoms with Crippen molar-refractivity contribution in [2.75, 3.05) is 19.6 Å². The van der Waals surface area contributed by atoms with Crippen molar-refractivity contribution >= 4 is 21.8 Å². The van der Waals surface area contributed by atoms with Crippen molar-refractivity contribution in [3.05, 3.63) is 34.3 Å². The van der Waals surface area contributed by atoms with Crippen molar-refractivity contribution in [2.45, 2.75) is 13.0 Å². The minimum atomic E-state index is 0.165. The Morgan fingerprint density at radius 2 is 2.28 bits per heavy atom. The predicted octanol–water partition coefficient (Wildman–Crippen LogP) is 2.13. The summed E-state index contributed by atoms with van der Waals surface area (Å²) in [6, 6.07) is 8.01. The van der Waals surface area contributed by atoms with E-state index in [1.807, 2.05) is 29.2 Å². The van der Waals surface area contributed by atoms with Gasteiger partial charge in [0.1, 0.15) is 0 Å². The van der Waals surface area contributed by atoms with E-state index in [0.717, 1.165) is 29.7 Å². The number of hydrogen-bond donors (Lipinski definition) is 1. The Hall–Kier alpha value is -0.870. The molecule has 1 N–H and O–H groups in total. The number of benzene rings is 1. The van der Waals surface area contributed by atoms with Crippen molar-refractivity contribution in [3.63, 3.8) is 0 Å². The first-order valence-electron chi connectivity index (χ1n) is 6.44. The number of hydrogen-bond acceptors (Lipinski definition) is 2. The van der Waals surface area contributed by atoms with Crippen molar-refractivity contribution in [1.29, 1.82) is 0 Å². The molecule has 0 aliphatic carbocycles. The molecule has 96 valence electrons. The highest BCUT2D eigenvalue weighted by Gasteiger charge is 2.43. The van der Waals surface area contributed by atoms with Gasteiger partial charge in [-0.05, 0) is 37.0 Å². The topological polar surface area (TPSA) is 32.3 Å². The van der Waals surface area contributed by atoms with E-state index in [1.165, 1.54) is 0 Å². The summed E-state index contributed by atoms with van der Waals surface area (Å²) in [7, 11) is 0. The van der Waals surface area contributed by atoms with Crippen molar-refractivity contribution in [3.8, 4) is 0 Å². The maximum atomic E-state index is 12.5. The smallest absolute Gasteiger partial charge is 0.254 e. The van der Waals surface area contributed by atoms with Gasteiger partial charge in [0, 0.05) is 35.7 Å². The fourth-order valence-electron chi connectivity index (χ4n) is 3.22. The second-order valence-electron chi connectivity index (χ2n) is 5.29. The lowest BCUT2D eigenvalue weighted by Gasteiger charge is -2.24. The fourth-order valence-corrected chi connectivity index (χ4v) is 3.62. The molecule has 2 aliphatic rings. The van der Waals surface area contributed by atoms with Crippen molar-refractivity contribution < 1.29 is 4.79 Å². The van der Waals surface area contributed by atoms with Crippen LogP contribution in [0, 0.1) is 11.8 Å². The first-order chi connectivity index (χ1) is 8.66. The third-order valence-corrected chi connectivity index (χ3v) is 4.76. The summed E-state index contributed by atoms with van der Waals surface area (Å²) in [6.45, 7) is 5.17. The molecular formula is C14H17BrN2O. The zero-order valence-electron chi connectivity index (χ0n) is 10.4. The molecule has 0 radical (unpaired) electrons. The molecule has 4 heteroatoms. The maximum Gasteiger partial charge on any atom is 0.254 e. The number of rotatable bonds is 1. The Morgan fingerprint density at radius 1 is 1.44 bits per heavy atom. The average molecular weight is 309 g/mol. The van der Waals surface area contributed by atoms with Crippen LogP contribution in [0.1, 0.15) is 17.3 Å². The molecule has 3 rings (SSSR count). The van der Waals surface area contributed by atoms with Crippen LogP contribution >= 0.6 is 15.9 Å². The number of nitrogens with one attached hydrogen (secondary N) is 1. The number of carbonyl (C=O) groups excluding carboxylic acids is 1. The van der Waals surface area contributed by atoms with Gasteiger partial charge in [0.15, 0.2) is 0 Å². The van der Waals surface area contributed by atoms with Crippen molar-refractivity contribution in [1.82, 2.24) is 10.2 Å². The summed E-state index contributed by atoms with van der Waals surface area (Å²) in [5.41, 5.74) is 0.782. The van der Waals surface area contributed by atoms with Gasteiger partial charge < -0.3 is 10.2 Å². The van der Waals surface area contributed by atoms with E-state index >= 15 is 0 Å². The molecule has 3 unspecified atom stereocenters. The first-order valence-corrected chi connectivity index (χ1v) is 7.23. The van der Waals surface area contributed by atoms with E-state index in [9.17, 15) is 4.79 Å². The van der Waals surface area contributed by atoms with Crippen LogP contribution < -0.4 is 5.32 Å².